The third kappa shape index (κ3) is 4.78. The number of hydrogen-bond acceptors (Lipinski definition) is 3. The number of nitrogens with two attached hydrogens (primary N) is 1. The molecule has 2 unspecified atom stereocenters. The first-order valence-corrected chi connectivity index (χ1v) is 7.44. The molecule has 6 heteroatoms. The van der Waals surface area contributed by atoms with Crippen molar-refractivity contribution in [3.8, 4) is 0 Å². The topological polar surface area (TPSA) is 84.2 Å². The minimum Gasteiger partial charge on any atom is -0.326 e. The summed E-state index contributed by atoms with van der Waals surface area (Å²) in [4.78, 5) is 0. The van der Waals surface area contributed by atoms with E-state index in [1.807, 2.05) is 0 Å². The molecule has 1 aliphatic rings. The van der Waals surface area contributed by atoms with Gasteiger partial charge in [0, 0.05) is 18.1 Å². The van der Waals surface area contributed by atoms with Crippen molar-refractivity contribution in [3.05, 3.63) is 0 Å². The van der Waals surface area contributed by atoms with Gasteiger partial charge in [-0.25, -0.2) is 0 Å². The van der Waals surface area contributed by atoms with E-state index < -0.39 is 10.2 Å². The van der Waals surface area contributed by atoms with Gasteiger partial charge in [0.2, 0.25) is 0 Å². The van der Waals surface area contributed by atoms with E-state index in [-0.39, 0.29) is 18.1 Å². The maximum Gasteiger partial charge on any atom is 0.277 e. The molecule has 5 nitrogen and oxygen atoms in total. The monoisotopic (exact) mass is 249 g/mol. The zero-order valence-corrected chi connectivity index (χ0v) is 10.9. The van der Waals surface area contributed by atoms with Gasteiger partial charge < -0.3 is 5.73 Å². The van der Waals surface area contributed by atoms with Crippen molar-refractivity contribution in [2.24, 2.45) is 5.73 Å². The van der Waals surface area contributed by atoms with Crippen LogP contribution in [0.4, 0.5) is 0 Å². The molecule has 1 fully saturated rings. The lowest BCUT2D eigenvalue weighted by Gasteiger charge is -2.23. The highest BCUT2D eigenvalue weighted by Crippen LogP contribution is 2.17. The maximum absolute atomic E-state index is 11.7. The smallest absolute Gasteiger partial charge is 0.277 e. The van der Waals surface area contributed by atoms with Gasteiger partial charge in [-0.3, -0.25) is 0 Å². The molecular formula is C10H23N3O2S. The van der Waals surface area contributed by atoms with E-state index in [9.17, 15) is 8.42 Å². The van der Waals surface area contributed by atoms with Crippen LogP contribution < -0.4 is 15.2 Å². The lowest BCUT2D eigenvalue weighted by Crippen LogP contribution is -2.51. The molecule has 1 saturated carbocycles. The molecule has 0 saturated heterocycles. The molecule has 1 aliphatic carbocycles. The second-order valence-corrected chi connectivity index (χ2v) is 6.28. The molecule has 0 spiro atoms. The largest absolute Gasteiger partial charge is 0.326 e. The van der Waals surface area contributed by atoms with E-state index >= 15 is 0 Å². The minimum absolute atomic E-state index is 0.0637. The first-order valence-electron chi connectivity index (χ1n) is 5.96. The fraction of sp³-hybridized carbons (Fsp3) is 1.00. The first kappa shape index (κ1) is 13.9. The summed E-state index contributed by atoms with van der Waals surface area (Å²) in [7, 11) is -3.41. The van der Waals surface area contributed by atoms with E-state index in [0.717, 1.165) is 32.1 Å². The zero-order valence-electron chi connectivity index (χ0n) is 10.1. The van der Waals surface area contributed by atoms with Gasteiger partial charge in [0.1, 0.15) is 0 Å². The lowest BCUT2D eigenvalue weighted by molar-refractivity contribution is 0.450. The van der Waals surface area contributed by atoms with E-state index in [0.29, 0.717) is 0 Å². The highest BCUT2D eigenvalue weighted by molar-refractivity contribution is 7.87. The standard InChI is InChI=1S/C10H23N3O2S/c1-8(2)12-16(14,15)13-10-7-5-3-4-6-9(10)11/h8-10,12-13H,3-7,11H2,1-2H3. The van der Waals surface area contributed by atoms with Crippen LogP contribution in [0.15, 0.2) is 0 Å². The van der Waals surface area contributed by atoms with E-state index in [4.69, 9.17) is 5.73 Å². The van der Waals surface area contributed by atoms with Crippen LogP contribution >= 0.6 is 0 Å². The zero-order chi connectivity index (χ0) is 12.2. The summed E-state index contributed by atoms with van der Waals surface area (Å²) in [5, 5.41) is 0. The summed E-state index contributed by atoms with van der Waals surface area (Å²) in [6, 6.07) is -0.288. The lowest BCUT2D eigenvalue weighted by atomic mass is 10.1. The molecule has 2 atom stereocenters. The van der Waals surface area contributed by atoms with Crippen molar-refractivity contribution >= 4 is 10.2 Å². The van der Waals surface area contributed by atoms with Gasteiger partial charge in [-0.05, 0) is 26.7 Å². The highest BCUT2D eigenvalue weighted by atomic mass is 32.2. The molecule has 0 radical (unpaired) electrons. The van der Waals surface area contributed by atoms with Crippen molar-refractivity contribution in [2.75, 3.05) is 0 Å². The Balaban J connectivity index is 2.57. The Kier molecular flexibility index (Phi) is 5.17. The summed E-state index contributed by atoms with van der Waals surface area (Å²) in [6.45, 7) is 3.60. The first-order chi connectivity index (χ1) is 7.41. The van der Waals surface area contributed by atoms with E-state index in [1.165, 1.54) is 0 Å². The fourth-order valence-corrected chi connectivity index (χ4v) is 3.41. The van der Waals surface area contributed by atoms with Crippen molar-refractivity contribution in [2.45, 2.75) is 64.1 Å². The van der Waals surface area contributed by atoms with Crippen molar-refractivity contribution in [1.82, 2.24) is 9.44 Å². The summed E-state index contributed by atoms with van der Waals surface area (Å²) in [5.74, 6) is 0. The Labute approximate surface area is 98.4 Å². The van der Waals surface area contributed by atoms with Crippen LogP contribution in [0.25, 0.3) is 0 Å². The summed E-state index contributed by atoms with van der Waals surface area (Å²) in [6.07, 6.45) is 5.01. The van der Waals surface area contributed by atoms with Gasteiger partial charge in [-0.1, -0.05) is 19.3 Å². The second-order valence-electron chi connectivity index (χ2n) is 4.80. The number of nitrogens with one attached hydrogen (secondary N) is 2. The molecule has 1 rings (SSSR count). The Morgan fingerprint density at radius 2 is 1.81 bits per heavy atom. The van der Waals surface area contributed by atoms with Gasteiger partial charge >= 0.3 is 0 Å². The SMILES string of the molecule is CC(C)NS(=O)(=O)NC1CCCCCC1N. The quantitative estimate of drug-likeness (QED) is 0.634. The van der Waals surface area contributed by atoms with E-state index in [2.05, 4.69) is 9.44 Å². The summed E-state index contributed by atoms with van der Waals surface area (Å²) in [5.41, 5.74) is 5.96. The second kappa shape index (κ2) is 5.95. The minimum atomic E-state index is -3.41. The maximum atomic E-state index is 11.7. The predicted molar refractivity (Wildman–Crippen MR) is 65.2 cm³/mol. The predicted octanol–water partition coefficient (Wildman–Crippen LogP) is 0.479. The third-order valence-electron chi connectivity index (χ3n) is 2.77. The highest BCUT2D eigenvalue weighted by Gasteiger charge is 2.25. The molecule has 0 aromatic carbocycles. The van der Waals surface area contributed by atoms with Crippen LogP contribution in [0.2, 0.25) is 0 Å². The number of rotatable bonds is 4. The molecule has 16 heavy (non-hydrogen) atoms. The van der Waals surface area contributed by atoms with Crippen LogP contribution in [-0.4, -0.2) is 26.5 Å². The van der Waals surface area contributed by atoms with Gasteiger partial charge in [0.25, 0.3) is 10.2 Å². The molecule has 4 N–H and O–H groups in total. The van der Waals surface area contributed by atoms with Crippen molar-refractivity contribution < 1.29 is 8.42 Å². The van der Waals surface area contributed by atoms with Crippen molar-refractivity contribution in [3.63, 3.8) is 0 Å². The Bertz CT molecular complexity index is 303. The fourth-order valence-electron chi connectivity index (χ4n) is 2.03. The van der Waals surface area contributed by atoms with Crippen LogP contribution in [0.5, 0.6) is 0 Å². The average Bonchev–Trinajstić information content (AvgIpc) is 2.29. The molecule has 0 aromatic rings. The van der Waals surface area contributed by atoms with Crippen LogP contribution in [0.3, 0.4) is 0 Å². The van der Waals surface area contributed by atoms with Crippen LogP contribution in [-0.2, 0) is 10.2 Å². The van der Waals surface area contributed by atoms with Crippen molar-refractivity contribution in [1.29, 1.82) is 0 Å². The Hall–Kier alpha value is -0.170. The third-order valence-corrected chi connectivity index (χ3v) is 4.16. The van der Waals surface area contributed by atoms with Crippen LogP contribution in [0.1, 0.15) is 46.0 Å². The Morgan fingerprint density at radius 1 is 1.19 bits per heavy atom. The van der Waals surface area contributed by atoms with E-state index in [1.54, 1.807) is 13.8 Å². The molecule has 96 valence electrons. The Morgan fingerprint density at radius 3 is 2.44 bits per heavy atom. The van der Waals surface area contributed by atoms with Gasteiger partial charge in [-0.15, -0.1) is 0 Å². The molecule has 0 heterocycles. The molecule has 0 aromatic heterocycles. The molecular weight excluding hydrogens is 226 g/mol. The van der Waals surface area contributed by atoms with Gasteiger partial charge in [0.05, 0.1) is 0 Å². The van der Waals surface area contributed by atoms with Crippen LogP contribution in [0, 0.1) is 0 Å². The summed E-state index contributed by atoms with van der Waals surface area (Å²) >= 11 is 0. The summed E-state index contributed by atoms with van der Waals surface area (Å²) < 4.78 is 28.5. The van der Waals surface area contributed by atoms with Gasteiger partial charge in [0.15, 0.2) is 0 Å². The average molecular weight is 249 g/mol. The number of hydrogen-bond donors (Lipinski definition) is 3. The molecule has 0 bridgehead atoms. The molecule has 0 aliphatic heterocycles. The molecule has 0 amide bonds. The normalized spacial score (nSPS) is 28.0. The van der Waals surface area contributed by atoms with Gasteiger partial charge in [-0.2, -0.15) is 17.9 Å².